The van der Waals surface area contributed by atoms with Crippen molar-refractivity contribution >= 4 is 11.6 Å². The van der Waals surface area contributed by atoms with Crippen LogP contribution in [0.4, 0.5) is 10.1 Å². The number of nitrogens with two attached hydrogens (primary N) is 1. The Morgan fingerprint density at radius 3 is 2.84 bits per heavy atom. The van der Waals surface area contributed by atoms with Crippen molar-refractivity contribution < 1.29 is 13.9 Å². The summed E-state index contributed by atoms with van der Waals surface area (Å²) >= 11 is 0. The first-order valence-electron chi connectivity index (χ1n) is 5.81. The van der Waals surface area contributed by atoms with Gasteiger partial charge in [-0.05, 0) is 18.6 Å². The molecule has 0 aliphatic heterocycles. The third kappa shape index (κ3) is 5.11. The molecule has 0 heterocycles. The number of nitrogens with one attached hydrogen (secondary N) is 2. The number of anilines is 1. The summed E-state index contributed by atoms with van der Waals surface area (Å²) in [5.41, 5.74) is 3.07. The van der Waals surface area contributed by atoms with E-state index in [1.807, 2.05) is 0 Å². The van der Waals surface area contributed by atoms with Crippen molar-refractivity contribution in [2.75, 3.05) is 32.7 Å². The second-order valence-electron chi connectivity index (χ2n) is 3.70. The van der Waals surface area contributed by atoms with Gasteiger partial charge in [0.05, 0.1) is 7.11 Å². The summed E-state index contributed by atoms with van der Waals surface area (Å²) in [5, 5.41) is 2.93. The zero-order valence-electron chi connectivity index (χ0n) is 11.1. The lowest BCUT2D eigenvalue weighted by atomic mass is 10.3. The topological polar surface area (TPSA) is 80.9 Å². The molecule has 0 radical (unpaired) electrons. The van der Waals surface area contributed by atoms with Crippen molar-refractivity contribution in [3.05, 3.63) is 24.0 Å². The average Bonchev–Trinajstić information content (AvgIpc) is 2.44. The number of aliphatic imine (C=N–C) groups is 1. The summed E-state index contributed by atoms with van der Waals surface area (Å²) in [4.78, 5) is 4.21. The van der Waals surface area contributed by atoms with E-state index >= 15 is 0 Å². The van der Waals surface area contributed by atoms with Gasteiger partial charge < -0.3 is 14.8 Å². The maximum atomic E-state index is 13.2. The number of guanidine groups is 1. The zero-order chi connectivity index (χ0) is 14.1. The molecule has 0 unspecified atom stereocenters. The molecule has 0 fully saturated rings. The number of hydrazine groups is 1. The molecule has 106 valence electrons. The Hall–Kier alpha value is -1.86. The number of halogens is 1. The number of rotatable bonds is 6. The highest BCUT2D eigenvalue weighted by Gasteiger charge is 2.04. The molecule has 19 heavy (non-hydrogen) atoms. The summed E-state index contributed by atoms with van der Waals surface area (Å²) in [6, 6.07) is 4.40. The van der Waals surface area contributed by atoms with E-state index < -0.39 is 5.82 Å². The summed E-state index contributed by atoms with van der Waals surface area (Å²) in [5.74, 6) is 5.48. The van der Waals surface area contributed by atoms with Gasteiger partial charge in [-0.3, -0.25) is 10.4 Å². The molecule has 1 rings (SSSR count). The Labute approximate surface area is 111 Å². The predicted octanol–water partition coefficient (Wildman–Crippen LogP) is 1.10. The van der Waals surface area contributed by atoms with Crippen molar-refractivity contribution in [2.45, 2.75) is 6.42 Å². The fourth-order valence-corrected chi connectivity index (χ4v) is 1.40. The highest BCUT2D eigenvalue weighted by molar-refractivity contribution is 5.93. The molecular weight excluding hydrogens is 251 g/mol. The maximum Gasteiger partial charge on any atom is 0.210 e. The first kappa shape index (κ1) is 15.2. The summed E-state index contributed by atoms with van der Waals surface area (Å²) in [6.45, 7) is 1.20. The summed E-state index contributed by atoms with van der Waals surface area (Å²) in [6.07, 6.45) is 0.788. The van der Waals surface area contributed by atoms with E-state index in [0.717, 1.165) is 6.42 Å². The predicted molar refractivity (Wildman–Crippen MR) is 72.7 cm³/mol. The van der Waals surface area contributed by atoms with Crippen LogP contribution in [0.1, 0.15) is 6.42 Å². The molecule has 0 amide bonds. The largest absolute Gasteiger partial charge is 0.494 e. The second kappa shape index (κ2) is 8.28. The van der Waals surface area contributed by atoms with Gasteiger partial charge in [0.1, 0.15) is 0 Å². The Balaban J connectivity index is 2.64. The molecule has 0 saturated heterocycles. The molecule has 4 N–H and O–H groups in total. The molecule has 0 atom stereocenters. The van der Waals surface area contributed by atoms with E-state index in [1.165, 1.54) is 19.2 Å². The van der Waals surface area contributed by atoms with Crippen LogP contribution in [0.2, 0.25) is 0 Å². The first-order chi connectivity index (χ1) is 9.21. The maximum absolute atomic E-state index is 13.2. The number of hydrogen-bond acceptors (Lipinski definition) is 4. The Morgan fingerprint density at radius 2 is 2.21 bits per heavy atom. The summed E-state index contributed by atoms with van der Waals surface area (Å²) < 4.78 is 23.0. The Morgan fingerprint density at radius 1 is 1.42 bits per heavy atom. The molecule has 0 aliphatic rings. The molecule has 1 aromatic rings. The summed E-state index contributed by atoms with van der Waals surface area (Å²) in [7, 11) is 3.04. The molecule has 0 saturated carbocycles. The fraction of sp³-hybridized carbons (Fsp3) is 0.417. The Bertz CT molecular complexity index is 426. The van der Waals surface area contributed by atoms with Gasteiger partial charge in [-0.1, -0.05) is 0 Å². The first-order valence-corrected chi connectivity index (χ1v) is 5.81. The van der Waals surface area contributed by atoms with Crippen molar-refractivity contribution in [1.29, 1.82) is 0 Å². The highest BCUT2D eigenvalue weighted by Crippen LogP contribution is 2.21. The minimum atomic E-state index is -0.424. The van der Waals surface area contributed by atoms with Crippen LogP contribution in [0.15, 0.2) is 23.2 Å². The van der Waals surface area contributed by atoms with Crippen LogP contribution in [-0.2, 0) is 4.74 Å². The lowest BCUT2D eigenvalue weighted by molar-refractivity contribution is 0.197. The Kier molecular flexibility index (Phi) is 6.62. The van der Waals surface area contributed by atoms with Crippen molar-refractivity contribution in [3.63, 3.8) is 0 Å². The number of ether oxygens (including phenoxy) is 2. The van der Waals surface area contributed by atoms with E-state index in [0.29, 0.717) is 24.8 Å². The van der Waals surface area contributed by atoms with Crippen LogP contribution in [-0.4, -0.2) is 33.3 Å². The van der Waals surface area contributed by atoms with E-state index in [2.05, 4.69) is 15.7 Å². The normalized spacial score (nSPS) is 11.3. The number of benzene rings is 1. The SMILES string of the molecule is COCCCN=C(NN)Nc1ccc(F)c(OC)c1. The lowest BCUT2D eigenvalue weighted by Crippen LogP contribution is -2.36. The molecule has 6 nitrogen and oxygen atoms in total. The molecule has 1 aromatic carbocycles. The van der Waals surface area contributed by atoms with Gasteiger partial charge in [0.2, 0.25) is 5.96 Å². The zero-order valence-corrected chi connectivity index (χ0v) is 11.1. The average molecular weight is 270 g/mol. The van der Waals surface area contributed by atoms with Crippen LogP contribution in [0.3, 0.4) is 0 Å². The molecule has 0 aromatic heterocycles. The van der Waals surface area contributed by atoms with E-state index in [9.17, 15) is 4.39 Å². The lowest BCUT2D eigenvalue weighted by Gasteiger charge is -2.10. The highest BCUT2D eigenvalue weighted by atomic mass is 19.1. The molecule has 0 bridgehead atoms. The van der Waals surface area contributed by atoms with Gasteiger partial charge in [-0.2, -0.15) is 0 Å². The van der Waals surface area contributed by atoms with Crippen LogP contribution in [0.5, 0.6) is 5.75 Å². The van der Waals surface area contributed by atoms with Crippen LogP contribution in [0.25, 0.3) is 0 Å². The van der Waals surface area contributed by atoms with Gasteiger partial charge in [0, 0.05) is 32.0 Å². The van der Waals surface area contributed by atoms with Crippen molar-refractivity contribution in [2.24, 2.45) is 10.8 Å². The quantitative estimate of drug-likeness (QED) is 0.237. The monoisotopic (exact) mass is 270 g/mol. The van der Waals surface area contributed by atoms with Gasteiger partial charge in [-0.15, -0.1) is 0 Å². The molecular formula is C12H19FN4O2. The molecule has 7 heteroatoms. The van der Waals surface area contributed by atoms with E-state index in [-0.39, 0.29) is 5.75 Å². The van der Waals surface area contributed by atoms with Crippen molar-refractivity contribution in [1.82, 2.24) is 5.43 Å². The van der Waals surface area contributed by atoms with Crippen LogP contribution in [0, 0.1) is 5.82 Å². The minimum absolute atomic E-state index is 0.153. The number of methoxy groups -OCH3 is 2. The minimum Gasteiger partial charge on any atom is -0.494 e. The number of nitrogens with zero attached hydrogens (tertiary/aromatic N) is 1. The van der Waals surface area contributed by atoms with Gasteiger partial charge in [0.15, 0.2) is 11.6 Å². The molecule has 0 spiro atoms. The van der Waals surface area contributed by atoms with Crippen LogP contribution < -0.4 is 21.3 Å². The van der Waals surface area contributed by atoms with E-state index in [4.69, 9.17) is 15.3 Å². The number of hydrogen-bond donors (Lipinski definition) is 3. The third-order valence-electron chi connectivity index (χ3n) is 2.33. The van der Waals surface area contributed by atoms with Gasteiger partial charge in [-0.25, -0.2) is 10.2 Å². The van der Waals surface area contributed by atoms with Crippen LogP contribution >= 0.6 is 0 Å². The second-order valence-corrected chi connectivity index (χ2v) is 3.70. The fourth-order valence-electron chi connectivity index (χ4n) is 1.40. The van der Waals surface area contributed by atoms with Gasteiger partial charge in [0.25, 0.3) is 0 Å². The van der Waals surface area contributed by atoms with E-state index in [1.54, 1.807) is 13.2 Å². The molecule has 0 aliphatic carbocycles. The van der Waals surface area contributed by atoms with Crippen molar-refractivity contribution in [3.8, 4) is 5.75 Å². The smallest absolute Gasteiger partial charge is 0.210 e. The van der Waals surface area contributed by atoms with Gasteiger partial charge >= 0.3 is 0 Å². The third-order valence-corrected chi connectivity index (χ3v) is 2.33. The standard InChI is InChI=1S/C12H19FN4O2/c1-18-7-3-6-15-12(17-14)16-9-4-5-10(13)11(8-9)19-2/h4-5,8H,3,6-7,14H2,1-2H3,(H2,15,16,17).